The molecule has 120 valence electrons. The molecule has 0 radical (unpaired) electrons. The van der Waals surface area contributed by atoms with Gasteiger partial charge in [0.2, 0.25) is 0 Å². The Morgan fingerprint density at radius 2 is 1.00 bits per heavy atom. The van der Waals surface area contributed by atoms with Crippen LogP contribution in [0.5, 0.6) is 0 Å². The maximum Gasteiger partial charge on any atom is 0.466 e. The van der Waals surface area contributed by atoms with E-state index in [9.17, 15) is 0 Å². The smallest absolute Gasteiger partial charge is 0.396 e. The van der Waals surface area contributed by atoms with Crippen LogP contribution in [0.4, 0.5) is 0 Å². The zero-order valence-corrected chi connectivity index (χ0v) is 13.0. The molecule has 7 N–H and O–H groups in total. The lowest BCUT2D eigenvalue weighted by molar-refractivity contribution is 0.275. The van der Waals surface area contributed by atoms with E-state index in [0.29, 0.717) is 6.61 Å². The number of hydrogen-bond donors (Lipinski definition) is 5. The summed E-state index contributed by atoms with van der Waals surface area (Å²) in [6, 6.07) is 0. The minimum absolute atomic E-state index is 0. The summed E-state index contributed by atoms with van der Waals surface area (Å²) in [5.41, 5.74) is 0. The predicted molar refractivity (Wildman–Crippen MR) is 78.2 cm³/mol. The van der Waals surface area contributed by atoms with Crippen LogP contribution in [-0.4, -0.2) is 26.4 Å². The molecule has 0 aliphatic carbocycles. The second-order valence-corrected chi connectivity index (χ2v) is 5.45. The fraction of sp³-hybridized carbons (Fsp3) is 1.00. The van der Waals surface area contributed by atoms with E-state index in [1.165, 1.54) is 57.8 Å². The van der Waals surface area contributed by atoms with Gasteiger partial charge in [0, 0.05) is 6.61 Å². The molecule has 0 bridgehead atoms. The maximum absolute atomic E-state index is 8.88. The molecule has 0 aliphatic rings. The van der Waals surface area contributed by atoms with E-state index >= 15 is 0 Å². The van der Waals surface area contributed by atoms with Gasteiger partial charge < -0.3 is 25.9 Å². The predicted octanol–water partition coefficient (Wildman–Crippen LogP) is 3.13. The molecule has 0 aliphatic heterocycles. The Labute approximate surface area is 117 Å². The van der Waals surface area contributed by atoms with E-state index in [4.69, 9.17) is 24.4 Å². The second-order valence-electron chi connectivity index (χ2n) is 4.42. The van der Waals surface area contributed by atoms with Gasteiger partial charge in [-0.1, -0.05) is 64.7 Å². The van der Waals surface area contributed by atoms with Crippen LogP contribution in [0.15, 0.2) is 0 Å². The third-order valence-electron chi connectivity index (χ3n) is 2.51. The highest BCUT2D eigenvalue weighted by atomic mass is 31.2. The SMILES string of the molecule is CCCCCCCCCCCCO.N.O=P(O)(O)O. The fourth-order valence-corrected chi connectivity index (χ4v) is 1.60. The van der Waals surface area contributed by atoms with Crippen molar-refractivity contribution >= 4 is 7.82 Å². The summed E-state index contributed by atoms with van der Waals surface area (Å²) in [7, 11) is -4.64. The van der Waals surface area contributed by atoms with Crippen LogP contribution in [0.1, 0.15) is 71.1 Å². The van der Waals surface area contributed by atoms with E-state index in [1.807, 2.05) is 0 Å². The molecule has 0 unspecified atom stereocenters. The first-order valence-electron chi connectivity index (χ1n) is 6.81. The minimum Gasteiger partial charge on any atom is -0.396 e. The van der Waals surface area contributed by atoms with Gasteiger partial charge in [0.25, 0.3) is 0 Å². The lowest BCUT2D eigenvalue weighted by Gasteiger charge is -2.00. The van der Waals surface area contributed by atoms with Crippen molar-refractivity contribution in [2.75, 3.05) is 6.61 Å². The van der Waals surface area contributed by atoms with Gasteiger partial charge in [0.15, 0.2) is 0 Å². The molecule has 0 saturated carbocycles. The van der Waals surface area contributed by atoms with E-state index < -0.39 is 7.82 Å². The molecule has 0 fully saturated rings. The highest BCUT2D eigenvalue weighted by Gasteiger charge is 2.00. The van der Waals surface area contributed by atoms with E-state index in [-0.39, 0.29) is 6.15 Å². The van der Waals surface area contributed by atoms with Crippen molar-refractivity contribution in [1.82, 2.24) is 6.15 Å². The van der Waals surface area contributed by atoms with E-state index in [0.717, 1.165) is 6.42 Å². The first-order valence-corrected chi connectivity index (χ1v) is 8.37. The van der Waals surface area contributed by atoms with Crippen molar-refractivity contribution in [3.63, 3.8) is 0 Å². The zero-order valence-electron chi connectivity index (χ0n) is 12.1. The fourth-order valence-electron chi connectivity index (χ4n) is 1.60. The zero-order chi connectivity index (χ0) is 14.3. The summed E-state index contributed by atoms with van der Waals surface area (Å²) < 4.78 is 8.88. The number of aliphatic hydroxyl groups excluding tert-OH is 1. The largest absolute Gasteiger partial charge is 0.466 e. The Bertz CT molecular complexity index is 180. The third-order valence-corrected chi connectivity index (χ3v) is 2.51. The van der Waals surface area contributed by atoms with Gasteiger partial charge in [-0.15, -0.1) is 0 Å². The van der Waals surface area contributed by atoms with Gasteiger partial charge in [-0.2, -0.15) is 0 Å². The molecule has 0 rings (SSSR count). The molecule has 0 aromatic rings. The molecule has 7 heteroatoms. The molecular formula is C12H32NO5P. The van der Waals surface area contributed by atoms with Crippen molar-refractivity contribution in [2.24, 2.45) is 0 Å². The average molecular weight is 301 g/mol. The summed E-state index contributed by atoms with van der Waals surface area (Å²) in [5.74, 6) is 0. The maximum atomic E-state index is 8.88. The lowest BCUT2D eigenvalue weighted by Crippen LogP contribution is -1.84. The summed E-state index contributed by atoms with van der Waals surface area (Å²) >= 11 is 0. The molecular weight excluding hydrogens is 269 g/mol. The van der Waals surface area contributed by atoms with Crippen molar-refractivity contribution in [3.8, 4) is 0 Å². The minimum atomic E-state index is -4.64. The van der Waals surface area contributed by atoms with Crippen LogP contribution in [0.3, 0.4) is 0 Å². The summed E-state index contributed by atoms with van der Waals surface area (Å²) in [5, 5.41) is 8.57. The number of unbranched alkanes of at least 4 members (excludes halogenated alkanes) is 9. The Balaban J connectivity index is -0.000000366. The highest BCUT2D eigenvalue weighted by molar-refractivity contribution is 7.45. The first-order chi connectivity index (χ1) is 8.41. The topological polar surface area (TPSA) is 133 Å². The summed E-state index contributed by atoms with van der Waals surface area (Å²) in [4.78, 5) is 21.6. The molecule has 0 spiro atoms. The van der Waals surface area contributed by atoms with Crippen molar-refractivity contribution in [3.05, 3.63) is 0 Å². The van der Waals surface area contributed by atoms with Gasteiger partial charge in [-0.3, -0.25) is 0 Å². The summed E-state index contributed by atoms with van der Waals surface area (Å²) in [6.07, 6.45) is 13.3. The monoisotopic (exact) mass is 301 g/mol. The van der Waals surface area contributed by atoms with Crippen molar-refractivity contribution in [2.45, 2.75) is 71.1 Å². The number of phosphoric acid groups is 1. The number of aliphatic hydroxyl groups is 1. The van der Waals surface area contributed by atoms with Crippen LogP contribution < -0.4 is 6.15 Å². The van der Waals surface area contributed by atoms with Gasteiger partial charge >= 0.3 is 7.82 Å². The van der Waals surface area contributed by atoms with Crippen LogP contribution in [0.25, 0.3) is 0 Å². The standard InChI is InChI=1S/C12H26O.H3N.H3O4P/c1-2-3-4-5-6-7-8-9-10-11-12-13;;1-5(2,3)4/h13H,2-12H2,1H3;1H3;(H3,1,2,3,4). The Kier molecular flexibility index (Phi) is 22.8. The van der Waals surface area contributed by atoms with Crippen LogP contribution in [-0.2, 0) is 4.57 Å². The Morgan fingerprint density at radius 3 is 1.26 bits per heavy atom. The molecule has 19 heavy (non-hydrogen) atoms. The van der Waals surface area contributed by atoms with Gasteiger partial charge in [0.1, 0.15) is 0 Å². The number of rotatable bonds is 10. The summed E-state index contributed by atoms with van der Waals surface area (Å²) in [6.45, 7) is 2.63. The van der Waals surface area contributed by atoms with Gasteiger partial charge in [-0.05, 0) is 6.42 Å². The average Bonchev–Trinajstić information content (AvgIpc) is 2.25. The Hall–Kier alpha value is 0.0300. The molecule has 0 heterocycles. The normalized spacial score (nSPS) is 10.4. The molecule has 6 nitrogen and oxygen atoms in total. The third kappa shape index (κ3) is 46.1. The van der Waals surface area contributed by atoms with Crippen molar-refractivity contribution < 1.29 is 24.4 Å². The van der Waals surface area contributed by atoms with Crippen LogP contribution in [0, 0.1) is 0 Å². The first kappa shape index (κ1) is 24.1. The van der Waals surface area contributed by atoms with Crippen molar-refractivity contribution in [1.29, 1.82) is 0 Å². The molecule has 0 saturated heterocycles. The lowest BCUT2D eigenvalue weighted by atomic mass is 10.1. The molecule has 0 atom stereocenters. The highest BCUT2D eigenvalue weighted by Crippen LogP contribution is 2.25. The molecule has 0 aromatic carbocycles. The van der Waals surface area contributed by atoms with E-state index in [1.54, 1.807) is 0 Å². The quantitative estimate of drug-likeness (QED) is 0.311. The van der Waals surface area contributed by atoms with E-state index in [2.05, 4.69) is 6.92 Å². The second kappa shape index (κ2) is 18.0. The number of hydrogen-bond acceptors (Lipinski definition) is 3. The molecule has 0 aromatic heterocycles. The Morgan fingerprint density at radius 1 is 0.737 bits per heavy atom. The van der Waals surface area contributed by atoms with Gasteiger partial charge in [0.05, 0.1) is 0 Å². The molecule has 0 amide bonds. The van der Waals surface area contributed by atoms with Gasteiger partial charge in [-0.25, -0.2) is 4.57 Å². The van der Waals surface area contributed by atoms with Crippen LogP contribution in [0.2, 0.25) is 0 Å². The van der Waals surface area contributed by atoms with Crippen LogP contribution >= 0.6 is 7.82 Å².